The molecule has 3 nitrogen and oxygen atoms in total. The SMILES string of the molecule is Cc1cc(C(=O)c2ccc(OC(F)(F)F)cc2)ccc1N. The minimum absolute atomic E-state index is 0.272. The number of nitrogens with two attached hydrogens (primary N) is 1. The number of carbonyl (C=O) groups is 1. The predicted molar refractivity (Wildman–Crippen MR) is 72.1 cm³/mol. The van der Waals surface area contributed by atoms with Crippen molar-refractivity contribution in [2.75, 3.05) is 5.73 Å². The van der Waals surface area contributed by atoms with E-state index in [-0.39, 0.29) is 17.1 Å². The second-order valence-corrected chi connectivity index (χ2v) is 4.47. The van der Waals surface area contributed by atoms with Crippen LogP contribution in [0.15, 0.2) is 42.5 Å². The van der Waals surface area contributed by atoms with E-state index in [2.05, 4.69) is 4.74 Å². The van der Waals surface area contributed by atoms with Gasteiger partial charge in [0, 0.05) is 16.8 Å². The lowest BCUT2D eigenvalue weighted by Crippen LogP contribution is -2.17. The number of nitrogen functional groups attached to an aromatic ring is 1. The number of alkyl halides is 3. The van der Waals surface area contributed by atoms with Crippen molar-refractivity contribution < 1.29 is 22.7 Å². The van der Waals surface area contributed by atoms with Crippen molar-refractivity contribution in [1.29, 1.82) is 0 Å². The van der Waals surface area contributed by atoms with Crippen LogP contribution in [0, 0.1) is 6.92 Å². The lowest BCUT2D eigenvalue weighted by Gasteiger charge is -2.09. The molecule has 0 bridgehead atoms. The molecule has 0 saturated heterocycles. The summed E-state index contributed by atoms with van der Waals surface area (Å²) in [4.78, 5) is 12.2. The molecule has 0 aliphatic rings. The van der Waals surface area contributed by atoms with Gasteiger partial charge >= 0.3 is 6.36 Å². The maximum atomic E-state index is 12.2. The molecular formula is C15H12F3NO2. The molecular weight excluding hydrogens is 283 g/mol. The number of benzene rings is 2. The highest BCUT2D eigenvalue weighted by Gasteiger charge is 2.31. The summed E-state index contributed by atoms with van der Waals surface area (Å²) in [6.45, 7) is 1.77. The lowest BCUT2D eigenvalue weighted by atomic mass is 10.0. The molecule has 6 heteroatoms. The predicted octanol–water partition coefficient (Wildman–Crippen LogP) is 3.71. The second-order valence-electron chi connectivity index (χ2n) is 4.47. The standard InChI is InChI=1S/C15H12F3NO2/c1-9-8-11(4-7-13(9)19)14(20)10-2-5-12(6-3-10)21-15(16,17)18/h2-8H,19H2,1H3. The smallest absolute Gasteiger partial charge is 0.406 e. The van der Waals surface area contributed by atoms with Gasteiger partial charge in [0.1, 0.15) is 5.75 Å². The first kappa shape index (κ1) is 14.9. The van der Waals surface area contributed by atoms with E-state index in [1.165, 1.54) is 12.1 Å². The van der Waals surface area contributed by atoms with E-state index in [9.17, 15) is 18.0 Å². The van der Waals surface area contributed by atoms with Gasteiger partial charge in [-0.1, -0.05) is 0 Å². The fraction of sp³-hybridized carbons (Fsp3) is 0.133. The number of halogens is 3. The van der Waals surface area contributed by atoms with Gasteiger partial charge in [-0.25, -0.2) is 0 Å². The van der Waals surface area contributed by atoms with E-state index in [4.69, 9.17) is 5.73 Å². The third kappa shape index (κ3) is 3.75. The Morgan fingerprint density at radius 2 is 1.62 bits per heavy atom. The number of hydrogen-bond acceptors (Lipinski definition) is 3. The summed E-state index contributed by atoms with van der Waals surface area (Å²) < 4.78 is 39.9. The number of hydrogen-bond donors (Lipinski definition) is 1. The zero-order chi connectivity index (χ0) is 15.6. The lowest BCUT2D eigenvalue weighted by molar-refractivity contribution is -0.274. The van der Waals surface area contributed by atoms with Crippen LogP contribution in [0.25, 0.3) is 0 Å². The zero-order valence-electron chi connectivity index (χ0n) is 11.1. The second kappa shape index (κ2) is 5.47. The van der Waals surface area contributed by atoms with Crippen LogP contribution in [0.5, 0.6) is 5.75 Å². The van der Waals surface area contributed by atoms with Crippen LogP contribution >= 0.6 is 0 Å². The quantitative estimate of drug-likeness (QED) is 0.693. The molecule has 0 spiro atoms. The summed E-state index contributed by atoms with van der Waals surface area (Å²) in [5, 5.41) is 0. The minimum Gasteiger partial charge on any atom is -0.406 e. The number of aryl methyl sites for hydroxylation is 1. The van der Waals surface area contributed by atoms with E-state index >= 15 is 0 Å². The molecule has 110 valence electrons. The molecule has 0 aliphatic carbocycles. The summed E-state index contributed by atoms with van der Waals surface area (Å²) in [6.07, 6.45) is -4.75. The van der Waals surface area contributed by atoms with Crippen LogP contribution in [0.1, 0.15) is 21.5 Å². The van der Waals surface area contributed by atoms with E-state index in [1.54, 1.807) is 25.1 Å². The Morgan fingerprint density at radius 1 is 1.05 bits per heavy atom. The minimum atomic E-state index is -4.75. The molecule has 0 fully saturated rings. The molecule has 0 radical (unpaired) electrons. The third-order valence-corrected chi connectivity index (χ3v) is 2.88. The van der Waals surface area contributed by atoms with Gasteiger partial charge in [-0.3, -0.25) is 4.79 Å². The van der Waals surface area contributed by atoms with Gasteiger partial charge in [0.15, 0.2) is 5.78 Å². The molecule has 2 rings (SSSR count). The normalized spacial score (nSPS) is 11.2. The average molecular weight is 295 g/mol. The van der Waals surface area contributed by atoms with Crippen molar-refractivity contribution >= 4 is 11.5 Å². The van der Waals surface area contributed by atoms with Crippen LogP contribution in [0.4, 0.5) is 18.9 Å². The summed E-state index contributed by atoms with van der Waals surface area (Å²) in [7, 11) is 0. The maximum Gasteiger partial charge on any atom is 0.573 e. The number of ether oxygens (including phenoxy) is 1. The fourth-order valence-corrected chi connectivity index (χ4v) is 1.79. The Bertz CT molecular complexity index is 664. The van der Waals surface area contributed by atoms with E-state index in [0.717, 1.165) is 17.7 Å². The number of ketones is 1. The Hall–Kier alpha value is -2.50. The highest BCUT2D eigenvalue weighted by atomic mass is 19.4. The molecule has 0 saturated carbocycles. The topological polar surface area (TPSA) is 52.3 Å². The van der Waals surface area contributed by atoms with Gasteiger partial charge in [-0.05, 0) is 55.0 Å². The van der Waals surface area contributed by atoms with Crippen molar-refractivity contribution in [1.82, 2.24) is 0 Å². The molecule has 2 N–H and O–H groups in total. The van der Waals surface area contributed by atoms with Crippen molar-refractivity contribution in [2.45, 2.75) is 13.3 Å². The van der Waals surface area contributed by atoms with Crippen LogP contribution in [0.3, 0.4) is 0 Å². The summed E-state index contributed by atoms with van der Waals surface area (Å²) in [5.41, 5.74) is 7.70. The number of anilines is 1. The molecule has 21 heavy (non-hydrogen) atoms. The van der Waals surface area contributed by atoms with Gasteiger partial charge in [0.2, 0.25) is 0 Å². The molecule has 0 amide bonds. The summed E-state index contributed by atoms with van der Waals surface area (Å²) >= 11 is 0. The molecule has 2 aromatic rings. The van der Waals surface area contributed by atoms with Gasteiger partial charge in [0.25, 0.3) is 0 Å². The first-order valence-electron chi connectivity index (χ1n) is 6.03. The van der Waals surface area contributed by atoms with Crippen LogP contribution in [-0.4, -0.2) is 12.1 Å². The number of carbonyl (C=O) groups excluding carboxylic acids is 1. The highest BCUT2D eigenvalue weighted by Crippen LogP contribution is 2.24. The Morgan fingerprint density at radius 3 is 2.14 bits per heavy atom. The molecule has 0 aliphatic heterocycles. The first-order chi connectivity index (χ1) is 9.76. The van der Waals surface area contributed by atoms with Crippen molar-refractivity contribution in [3.63, 3.8) is 0 Å². The van der Waals surface area contributed by atoms with Crippen LogP contribution < -0.4 is 10.5 Å². The van der Waals surface area contributed by atoms with E-state index in [1.807, 2.05) is 0 Å². The van der Waals surface area contributed by atoms with Gasteiger partial charge < -0.3 is 10.5 Å². The summed E-state index contributed by atoms with van der Waals surface area (Å²) in [5.74, 6) is -0.663. The Balaban J connectivity index is 2.22. The van der Waals surface area contributed by atoms with E-state index < -0.39 is 6.36 Å². The maximum absolute atomic E-state index is 12.2. The monoisotopic (exact) mass is 295 g/mol. The highest BCUT2D eigenvalue weighted by molar-refractivity contribution is 6.09. The Kier molecular flexibility index (Phi) is 3.88. The van der Waals surface area contributed by atoms with Gasteiger partial charge in [0.05, 0.1) is 0 Å². The van der Waals surface area contributed by atoms with Crippen molar-refractivity contribution in [3.05, 3.63) is 59.2 Å². The van der Waals surface area contributed by atoms with Gasteiger partial charge in [-0.15, -0.1) is 13.2 Å². The molecule has 2 aromatic carbocycles. The van der Waals surface area contributed by atoms with E-state index in [0.29, 0.717) is 11.3 Å². The Labute approximate surface area is 119 Å². The average Bonchev–Trinajstić information content (AvgIpc) is 2.40. The van der Waals surface area contributed by atoms with Crippen LogP contribution in [-0.2, 0) is 0 Å². The van der Waals surface area contributed by atoms with Crippen molar-refractivity contribution in [2.24, 2.45) is 0 Å². The molecule has 0 heterocycles. The summed E-state index contributed by atoms with van der Waals surface area (Å²) in [6, 6.07) is 9.60. The molecule has 0 atom stereocenters. The third-order valence-electron chi connectivity index (χ3n) is 2.88. The van der Waals surface area contributed by atoms with Crippen LogP contribution in [0.2, 0.25) is 0 Å². The molecule has 0 unspecified atom stereocenters. The first-order valence-corrected chi connectivity index (χ1v) is 6.03. The zero-order valence-corrected chi connectivity index (χ0v) is 11.1. The fourth-order valence-electron chi connectivity index (χ4n) is 1.79. The molecule has 0 aromatic heterocycles. The number of rotatable bonds is 3. The largest absolute Gasteiger partial charge is 0.573 e. The van der Waals surface area contributed by atoms with Gasteiger partial charge in [-0.2, -0.15) is 0 Å². The van der Waals surface area contributed by atoms with Crippen molar-refractivity contribution in [3.8, 4) is 5.75 Å².